The average Bonchev–Trinajstić information content (AvgIpc) is 2.35. The minimum absolute atomic E-state index is 0.0146. The van der Waals surface area contributed by atoms with Gasteiger partial charge in [-0.15, -0.1) is 0 Å². The Balaban J connectivity index is 2.51. The highest BCUT2D eigenvalue weighted by Gasteiger charge is 2.30. The number of rotatable bonds is 2. The molecule has 2 rings (SSSR count). The summed E-state index contributed by atoms with van der Waals surface area (Å²) >= 11 is 12.0. The van der Waals surface area contributed by atoms with Crippen LogP contribution in [0.4, 0.5) is 17.6 Å². The zero-order chi connectivity index (χ0) is 14.2. The standard InChI is InChI=1S/C13H6Cl2F4/c14-13(15,7-1-3-9(16)11(18)5-7)8-2-4-10(17)12(19)6-8/h1-6H. The van der Waals surface area contributed by atoms with E-state index in [1.807, 2.05) is 0 Å². The summed E-state index contributed by atoms with van der Waals surface area (Å²) in [6.45, 7) is 0. The molecule has 6 heteroatoms. The van der Waals surface area contributed by atoms with Gasteiger partial charge in [0.05, 0.1) is 0 Å². The first-order chi connectivity index (χ1) is 8.82. The zero-order valence-electron chi connectivity index (χ0n) is 9.23. The SMILES string of the molecule is Fc1ccc(C(Cl)(Cl)c2ccc(F)c(F)c2)cc1F. The fourth-order valence-electron chi connectivity index (χ4n) is 1.55. The van der Waals surface area contributed by atoms with Crippen molar-refractivity contribution in [3.05, 3.63) is 70.8 Å². The minimum atomic E-state index is -1.82. The fraction of sp³-hybridized carbons (Fsp3) is 0.0769. The molecule has 0 atom stereocenters. The number of hydrogen-bond acceptors (Lipinski definition) is 0. The molecule has 0 saturated carbocycles. The monoisotopic (exact) mass is 308 g/mol. The van der Waals surface area contributed by atoms with Crippen molar-refractivity contribution in [2.75, 3.05) is 0 Å². The van der Waals surface area contributed by atoms with Gasteiger partial charge in [0.1, 0.15) is 0 Å². The Morgan fingerprint density at radius 3 is 1.32 bits per heavy atom. The van der Waals surface area contributed by atoms with E-state index in [4.69, 9.17) is 23.2 Å². The van der Waals surface area contributed by atoms with Crippen LogP contribution in [-0.2, 0) is 4.33 Å². The number of benzene rings is 2. The Bertz CT molecular complexity index is 573. The van der Waals surface area contributed by atoms with E-state index < -0.39 is 27.6 Å². The van der Waals surface area contributed by atoms with Gasteiger partial charge >= 0.3 is 0 Å². The second-order valence-electron chi connectivity index (χ2n) is 3.83. The lowest BCUT2D eigenvalue weighted by Gasteiger charge is -2.21. The van der Waals surface area contributed by atoms with Crippen LogP contribution in [0.2, 0.25) is 0 Å². The summed E-state index contributed by atoms with van der Waals surface area (Å²) in [5.41, 5.74) is 0.0292. The molecule has 0 radical (unpaired) electrons. The summed E-state index contributed by atoms with van der Waals surface area (Å²) in [6, 6.07) is 5.64. The Morgan fingerprint density at radius 2 is 1.00 bits per heavy atom. The molecule has 19 heavy (non-hydrogen) atoms. The molecule has 0 aliphatic carbocycles. The lowest BCUT2D eigenvalue weighted by molar-refractivity contribution is 0.505. The number of hydrogen-bond donors (Lipinski definition) is 0. The van der Waals surface area contributed by atoms with Crippen molar-refractivity contribution >= 4 is 23.2 Å². The number of alkyl halides is 2. The van der Waals surface area contributed by atoms with Crippen molar-refractivity contribution in [2.24, 2.45) is 0 Å². The maximum Gasteiger partial charge on any atom is 0.168 e. The van der Waals surface area contributed by atoms with Crippen molar-refractivity contribution in [1.82, 2.24) is 0 Å². The first-order valence-corrected chi connectivity index (χ1v) is 5.87. The number of halogens is 6. The molecular formula is C13H6Cl2F4. The molecule has 0 amide bonds. The van der Waals surface area contributed by atoms with E-state index in [2.05, 4.69) is 0 Å². The average molecular weight is 309 g/mol. The van der Waals surface area contributed by atoms with Gasteiger partial charge in [0.2, 0.25) is 0 Å². The normalized spacial score (nSPS) is 11.7. The first-order valence-electron chi connectivity index (χ1n) is 5.11. The highest BCUT2D eigenvalue weighted by atomic mass is 35.5. The van der Waals surface area contributed by atoms with Crippen LogP contribution in [-0.4, -0.2) is 0 Å². The van der Waals surface area contributed by atoms with Crippen LogP contribution in [0.5, 0.6) is 0 Å². The van der Waals surface area contributed by atoms with E-state index in [-0.39, 0.29) is 11.1 Å². The van der Waals surface area contributed by atoms with Crippen LogP contribution in [0, 0.1) is 23.3 Å². The zero-order valence-corrected chi connectivity index (χ0v) is 10.7. The molecule has 0 saturated heterocycles. The Labute approximate surface area is 116 Å². The predicted octanol–water partition coefficient (Wildman–Crippen LogP) is 4.92. The van der Waals surface area contributed by atoms with Crippen LogP contribution in [0.3, 0.4) is 0 Å². The molecule has 0 aromatic heterocycles. The predicted molar refractivity (Wildman–Crippen MR) is 65.2 cm³/mol. The van der Waals surface area contributed by atoms with E-state index >= 15 is 0 Å². The third-order valence-electron chi connectivity index (χ3n) is 2.56. The second-order valence-corrected chi connectivity index (χ2v) is 5.16. The van der Waals surface area contributed by atoms with Gasteiger partial charge in [-0.05, 0) is 35.4 Å². The molecule has 0 aliphatic heterocycles. The van der Waals surface area contributed by atoms with E-state index in [0.29, 0.717) is 0 Å². The van der Waals surface area contributed by atoms with Crippen LogP contribution in [0.15, 0.2) is 36.4 Å². The molecule has 2 aromatic carbocycles. The van der Waals surface area contributed by atoms with Crippen LogP contribution >= 0.6 is 23.2 Å². The third kappa shape index (κ3) is 2.69. The minimum Gasteiger partial charge on any atom is -0.204 e. The van der Waals surface area contributed by atoms with Crippen molar-refractivity contribution in [2.45, 2.75) is 4.33 Å². The van der Waals surface area contributed by atoms with Gasteiger partial charge in [0.25, 0.3) is 0 Å². The van der Waals surface area contributed by atoms with Crippen molar-refractivity contribution in [1.29, 1.82) is 0 Å². The van der Waals surface area contributed by atoms with Gasteiger partial charge < -0.3 is 0 Å². The van der Waals surface area contributed by atoms with Crippen molar-refractivity contribution < 1.29 is 17.6 Å². The Morgan fingerprint density at radius 1 is 0.632 bits per heavy atom. The summed E-state index contributed by atoms with van der Waals surface area (Å²) in [7, 11) is 0. The highest BCUT2D eigenvalue weighted by Crippen LogP contribution is 2.41. The maximum absolute atomic E-state index is 13.1. The summed E-state index contributed by atoms with van der Waals surface area (Å²) in [5, 5.41) is 0. The molecule has 0 aliphatic rings. The lowest BCUT2D eigenvalue weighted by atomic mass is 10.0. The molecule has 0 N–H and O–H groups in total. The fourth-order valence-corrected chi connectivity index (χ4v) is 2.02. The molecule has 0 unspecified atom stereocenters. The van der Waals surface area contributed by atoms with Gasteiger partial charge in [0, 0.05) is 0 Å². The molecule has 0 bridgehead atoms. The second kappa shape index (κ2) is 5.02. The van der Waals surface area contributed by atoms with E-state index in [0.717, 1.165) is 24.3 Å². The molecule has 0 nitrogen and oxygen atoms in total. The van der Waals surface area contributed by atoms with Crippen LogP contribution in [0.1, 0.15) is 11.1 Å². The topological polar surface area (TPSA) is 0 Å². The van der Waals surface area contributed by atoms with Gasteiger partial charge in [0.15, 0.2) is 27.6 Å². The molecule has 0 spiro atoms. The first kappa shape index (κ1) is 14.2. The van der Waals surface area contributed by atoms with Crippen LogP contribution in [0.25, 0.3) is 0 Å². The largest absolute Gasteiger partial charge is 0.204 e. The van der Waals surface area contributed by atoms with Gasteiger partial charge in [-0.25, -0.2) is 17.6 Å². The molecule has 0 fully saturated rings. The highest BCUT2D eigenvalue weighted by molar-refractivity contribution is 6.50. The summed E-state index contributed by atoms with van der Waals surface area (Å²) in [4.78, 5) is 0. The van der Waals surface area contributed by atoms with E-state index in [1.54, 1.807) is 0 Å². The third-order valence-corrected chi connectivity index (χ3v) is 3.44. The molecule has 2 aromatic rings. The maximum atomic E-state index is 13.1. The van der Waals surface area contributed by atoms with Gasteiger partial charge in [-0.1, -0.05) is 35.3 Å². The molecule has 0 heterocycles. The Kier molecular flexibility index (Phi) is 3.74. The summed E-state index contributed by atoms with van der Waals surface area (Å²) in [6.07, 6.45) is 0. The van der Waals surface area contributed by atoms with Gasteiger partial charge in [-0.3, -0.25) is 0 Å². The Hall–Kier alpha value is -1.26. The quantitative estimate of drug-likeness (QED) is 0.545. The lowest BCUT2D eigenvalue weighted by Crippen LogP contribution is -2.13. The van der Waals surface area contributed by atoms with E-state index in [9.17, 15) is 17.6 Å². The van der Waals surface area contributed by atoms with Crippen molar-refractivity contribution in [3.63, 3.8) is 0 Å². The van der Waals surface area contributed by atoms with E-state index in [1.165, 1.54) is 12.1 Å². The molecular weight excluding hydrogens is 303 g/mol. The smallest absolute Gasteiger partial charge is 0.168 e. The van der Waals surface area contributed by atoms with Crippen molar-refractivity contribution in [3.8, 4) is 0 Å². The van der Waals surface area contributed by atoms with Gasteiger partial charge in [-0.2, -0.15) is 0 Å². The molecule has 100 valence electrons. The van der Waals surface area contributed by atoms with Crippen LogP contribution < -0.4 is 0 Å². The summed E-state index contributed by atoms with van der Waals surface area (Å²) < 4.78 is 50.1. The summed E-state index contributed by atoms with van der Waals surface area (Å²) in [5.74, 6) is -4.38.